The topological polar surface area (TPSA) is 29.9 Å². The van der Waals surface area contributed by atoms with Crippen molar-refractivity contribution in [3.63, 3.8) is 0 Å². The van der Waals surface area contributed by atoms with Gasteiger partial charge >= 0.3 is 0 Å². The molecule has 1 N–H and O–H groups in total. The van der Waals surface area contributed by atoms with Crippen LogP contribution in [-0.2, 0) is 6.54 Å². The molecule has 0 aliphatic heterocycles. The molecule has 72 valence electrons. The van der Waals surface area contributed by atoms with Crippen LogP contribution in [0.3, 0.4) is 0 Å². The molecule has 1 aromatic carbocycles. The predicted octanol–water partition coefficient (Wildman–Crippen LogP) is 1.59. The van der Waals surface area contributed by atoms with Crippen molar-refractivity contribution in [1.29, 1.82) is 0 Å². The number of rotatable bonds is 3. The Morgan fingerprint density at radius 1 is 1.36 bits per heavy atom. The van der Waals surface area contributed by atoms with E-state index in [1.54, 1.807) is 6.20 Å². The van der Waals surface area contributed by atoms with Crippen molar-refractivity contribution in [2.24, 2.45) is 0 Å². The molecule has 0 radical (unpaired) electrons. The number of nitrogens with zero attached hydrogens (tertiary/aromatic N) is 2. The highest BCUT2D eigenvalue weighted by molar-refractivity contribution is 5.40. The van der Waals surface area contributed by atoms with Crippen molar-refractivity contribution in [2.75, 3.05) is 7.05 Å². The quantitative estimate of drug-likeness (QED) is 0.790. The zero-order chi connectivity index (χ0) is 9.80. The smallest absolute Gasteiger partial charge is 0.0991 e. The molecule has 2 aromatic rings. The normalized spacial score (nSPS) is 10.4. The van der Waals surface area contributed by atoms with E-state index >= 15 is 0 Å². The molecule has 1 aromatic heterocycles. The molecular formula is C11H13N3. The molecule has 1 heterocycles. The van der Waals surface area contributed by atoms with Gasteiger partial charge < -0.3 is 9.88 Å². The highest BCUT2D eigenvalue weighted by Gasteiger charge is 2.01. The number of nitrogens with one attached hydrogen (secondary N) is 1. The second kappa shape index (κ2) is 4.07. The molecule has 0 spiro atoms. The van der Waals surface area contributed by atoms with Gasteiger partial charge in [0.2, 0.25) is 0 Å². The highest BCUT2D eigenvalue weighted by Crippen LogP contribution is 2.13. The first-order chi connectivity index (χ1) is 6.92. The summed E-state index contributed by atoms with van der Waals surface area (Å²) in [6.45, 7) is 0.869. The summed E-state index contributed by atoms with van der Waals surface area (Å²) < 4.78 is 2.02. The number of hydrogen-bond donors (Lipinski definition) is 1. The average Bonchev–Trinajstić information content (AvgIpc) is 2.72. The molecule has 3 heteroatoms. The Hall–Kier alpha value is -1.61. The highest BCUT2D eigenvalue weighted by atomic mass is 15.0. The standard InChI is InChI=1S/C11H13N3/c1-12-8-10-4-2-3-5-11(10)14-7-6-13-9-14/h2-7,9,12H,8H2,1H3. The molecule has 3 nitrogen and oxygen atoms in total. The Balaban J connectivity index is 2.42. The van der Waals surface area contributed by atoms with Gasteiger partial charge in [-0.2, -0.15) is 0 Å². The van der Waals surface area contributed by atoms with Gasteiger partial charge in [-0.1, -0.05) is 18.2 Å². The molecule has 0 aliphatic carbocycles. The minimum absolute atomic E-state index is 0.869. The van der Waals surface area contributed by atoms with Crippen molar-refractivity contribution in [3.8, 4) is 5.69 Å². The molecule has 0 unspecified atom stereocenters. The first kappa shape index (κ1) is 8.97. The van der Waals surface area contributed by atoms with E-state index in [1.165, 1.54) is 11.3 Å². The van der Waals surface area contributed by atoms with Crippen molar-refractivity contribution in [3.05, 3.63) is 48.5 Å². The van der Waals surface area contributed by atoms with Gasteiger partial charge in [0.15, 0.2) is 0 Å². The lowest BCUT2D eigenvalue weighted by Gasteiger charge is -2.08. The van der Waals surface area contributed by atoms with E-state index in [-0.39, 0.29) is 0 Å². The van der Waals surface area contributed by atoms with Crippen molar-refractivity contribution in [2.45, 2.75) is 6.54 Å². The third kappa shape index (κ3) is 1.67. The molecule has 0 saturated carbocycles. The van der Waals surface area contributed by atoms with Gasteiger partial charge in [-0.15, -0.1) is 0 Å². The Morgan fingerprint density at radius 2 is 2.21 bits per heavy atom. The zero-order valence-corrected chi connectivity index (χ0v) is 8.14. The van der Waals surface area contributed by atoms with Crippen LogP contribution in [-0.4, -0.2) is 16.6 Å². The first-order valence-corrected chi connectivity index (χ1v) is 4.62. The average molecular weight is 187 g/mol. The van der Waals surface area contributed by atoms with Crippen LogP contribution < -0.4 is 5.32 Å². The van der Waals surface area contributed by atoms with Crippen LogP contribution in [0.4, 0.5) is 0 Å². The summed E-state index contributed by atoms with van der Waals surface area (Å²) >= 11 is 0. The molecule has 0 aliphatic rings. The molecule has 14 heavy (non-hydrogen) atoms. The SMILES string of the molecule is CNCc1ccccc1-n1ccnc1. The van der Waals surface area contributed by atoms with Gasteiger partial charge in [-0.25, -0.2) is 4.98 Å². The first-order valence-electron chi connectivity index (χ1n) is 4.62. The van der Waals surface area contributed by atoms with Gasteiger partial charge in [-0.3, -0.25) is 0 Å². The molecule has 0 atom stereocenters. The molecule has 0 fully saturated rings. The number of hydrogen-bond acceptors (Lipinski definition) is 2. The number of para-hydroxylation sites is 1. The van der Waals surface area contributed by atoms with Gasteiger partial charge in [0, 0.05) is 18.9 Å². The summed E-state index contributed by atoms with van der Waals surface area (Å²) in [6.07, 6.45) is 5.55. The lowest BCUT2D eigenvalue weighted by molar-refractivity contribution is 0.807. The Morgan fingerprint density at radius 3 is 2.93 bits per heavy atom. The van der Waals surface area contributed by atoms with Crippen LogP contribution in [0.5, 0.6) is 0 Å². The predicted molar refractivity (Wildman–Crippen MR) is 56.3 cm³/mol. The molecule has 2 rings (SSSR count). The fraction of sp³-hybridized carbons (Fsp3) is 0.182. The largest absolute Gasteiger partial charge is 0.316 e. The van der Waals surface area contributed by atoms with Crippen LogP contribution in [0.2, 0.25) is 0 Å². The lowest BCUT2D eigenvalue weighted by atomic mass is 10.2. The number of imidazole rings is 1. The van der Waals surface area contributed by atoms with E-state index < -0.39 is 0 Å². The third-order valence-electron chi connectivity index (χ3n) is 2.14. The maximum atomic E-state index is 4.04. The summed E-state index contributed by atoms with van der Waals surface area (Å²) in [4.78, 5) is 4.04. The third-order valence-corrected chi connectivity index (χ3v) is 2.14. The maximum Gasteiger partial charge on any atom is 0.0991 e. The van der Waals surface area contributed by atoms with Crippen molar-refractivity contribution >= 4 is 0 Å². The fourth-order valence-corrected chi connectivity index (χ4v) is 1.50. The minimum Gasteiger partial charge on any atom is -0.316 e. The van der Waals surface area contributed by atoms with Crippen LogP contribution in [0.15, 0.2) is 43.0 Å². The van der Waals surface area contributed by atoms with Gasteiger partial charge in [-0.05, 0) is 18.7 Å². The summed E-state index contributed by atoms with van der Waals surface area (Å²) in [6, 6.07) is 8.29. The van der Waals surface area contributed by atoms with Crippen LogP contribution in [0.25, 0.3) is 5.69 Å². The molecular weight excluding hydrogens is 174 g/mol. The minimum atomic E-state index is 0.869. The summed E-state index contributed by atoms with van der Waals surface area (Å²) in [5, 5.41) is 3.15. The van der Waals surface area contributed by atoms with E-state index in [0.717, 1.165) is 6.54 Å². The fourth-order valence-electron chi connectivity index (χ4n) is 1.50. The summed E-state index contributed by atoms with van der Waals surface area (Å²) in [5.41, 5.74) is 2.45. The summed E-state index contributed by atoms with van der Waals surface area (Å²) in [7, 11) is 1.95. The Kier molecular flexibility index (Phi) is 2.60. The zero-order valence-electron chi connectivity index (χ0n) is 8.14. The lowest BCUT2D eigenvalue weighted by Crippen LogP contribution is -2.08. The Bertz CT molecular complexity index is 393. The summed E-state index contributed by atoms with van der Waals surface area (Å²) in [5.74, 6) is 0. The monoisotopic (exact) mass is 187 g/mol. The van der Waals surface area contributed by atoms with E-state index in [2.05, 4.69) is 22.4 Å². The second-order valence-corrected chi connectivity index (χ2v) is 3.13. The van der Waals surface area contributed by atoms with Crippen molar-refractivity contribution < 1.29 is 0 Å². The van der Waals surface area contributed by atoms with Crippen LogP contribution in [0, 0.1) is 0 Å². The van der Waals surface area contributed by atoms with Gasteiger partial charge in [0.25, 0.3) is 0 Å². The van der Waals surface area contributed by atoms with E-state index in [0.29, 0.717) is 0 Å². The van der Waals surface area contributed by atoms with E-state index in [9.17, 15) is 0 Å². The molecule has 0 saturated heterocycles. The van der Waals surface area contributed by atoms with Crippen LogP contribution in [0.1, 0.15) is 5.56 Å². The van der Waals surface area contributed by atoms with Gasteiger partial charge in [0.05, 0.1) is 12.0 Å². The second-order valence-electron chi connectivity index (χ2n) is 3.13. The number of benzene rings is 1. The molecule has 0 bridgehead atoms. The molecule has 0 amide bonds. The maximum absolute atomic E-state index is 4.04. The van der Waals surface area contributed by atoms with Gasteiger partial charge in [0.1, 0.15) is 0 Å². The van der Waals surface area contributed by atoms with Crippen molar-refractivity contribution in [1.82, 2.24) is 14.9 Å². The van der Waals surface area contributed by atoms with E-state index in [1.807, 2.05) is 36.3 Å². The van der Waals surface area contributed by atoms with E-state index in [4.69, 9.17) is 0 Å². The Labute approximate surface area is 83.4 Å². The van der Waals surface area contributed by atoms with Crippen LogP contribution >= 0.6 is 0 Å². The number of aromatic nitrogens is 2.